The van der Waals surface area contributed by atoms with Crippen LogP contribution in [0.15, 0.2) is 48.5 Å². The number of carbonyl (C=O) groups is 1. The first kappa shape index (κ1) is 15.0. The van der Waals surface area contributed by atoms with E-state index in [0.717, 1.165) is 6.07 Å². The molecule has 0 radical (unpaired) electrons. The van der Waals surface area contributed by atoms with Crippen LogP contribution < -0.4 is 4.90 Å². The van der Waals surface area contributed by atoms with Crippen molar-refractivity contribution in [3.8, 4) is 0 Å². The number of para-hydroxylation sites is 1. The van der Waals surface area contributed by atoms with Crippen molar-refractivity contribution < 1.29 is 18.7 Å². The number of nitrogens with zero attached hydrogens (tertiary/aromatic N) is 1. The number of rotatable bonds is 5. The van der Waals surface area contributed by atoms with E-state index in [9.17, 15) is 18.7 Å². The van der Waals surface area contributed by atoms with Gasteiger partial charge in [0.15, 0.2) is 6.04 Å². The molecular formula is C16H15F2NO2. The largest absolute Gasteiger partial charge is 0.479 e. The molecule has 0 heterocycles. The lowest BCUT2D eigenvalue weighted by molar-refractivity contribution is -0.138. The van der Waals surface area contributed by atoms with Crippen molar-refractivity contribution in [3.05, 3.63) is 65.7 Å². The minimum atomic E-state index is -1.21. The minimum absolute atomic E-state index is 0.0606. The molecule has 110 valence electrons. The van der Waals surface area contributed by atoms with Crippen LogP contribution in [-0.4, -0.2) is 17.6 Å². The maximum Gasteiger partial charge on any atom is 0.331 e. The van der Waals surface area contributed by atoms with Crippen molar-refractivity contribution in [3.63, 3.8) is 0 Å². The Bertz CT molecular complexity index is 631. The molecule has 0 bridgehead atoms. The summed E-state index contributed by atoms with van der Waals surface area (Å²) in [5, 5.41) is 9.48. The van der Waals surface area contributed by atoms with Crippen LogP contribution in [-0.2, 0) is 4.79 Å². The van der Waals surface area contributed by atoms with Gasteiger partial charge in [0.05, 0.1) is 0 Å². The summed E-state index contributed by atoms with van der Waals surface area (Å²) < 4.78 is 27.0. The molecule has 2 rings (SSSR count). The van der Waals surface area contributed by atoms with Crippen molar-refractivity contribution in [1.29, 1.82) is 0 Å². The van der Waals surface area contributed by atoms with E-state index in [2.05, 4.69) is 0 Å². The maximum atomic E-state index is 13.9. The van der Waals surface area contributed by atoms with Crippen LogP contribution >= 0.6 is 0 Å². The number of anilines is 1. The first-order valence-electron chi connectivity index (χ1n) is 6.54. The van der Waals surface area contributed by atoms with Gasteiger partial charge in [0.2, 0.25) is 0 Å². The van der Waals surface area contributed by atoms with Gasteiger partial charge < -0.3 is 10.0 Å². The van der Waals surface area contributed by atoms with Gasteiger partial charge in [-0.2, -0.15) is 0 Å². The van der Waals surface area contributed by atoms with Crippen molar-refractivity contribution in [2.45, 2.75) is 13.0 Å². The molecule has 0 aliphatic rings. The zero-order valence-electron chi connectivity index (χ0n) is 11.5. The van der Waals surface area contributed by atoms with Gasteiger partial charge in [0.1, 0.15) is 11.6 Å². The lowest BCUT2D eigenvalue weighted by atomic mass is 10.0. The molecule has 2 aromatic rings. The fourth-order valence-corrected chi connectivity index (χ4v) is 2.29. The lowest BCUT2D eigenvalue weighted by Gasteiger charge is -2.30. The first-order valence-corrected chi connectivity index (χ1v) is 6.54. The van der Waals surface area contributed by atoms with Crippen molar-refractivity contribution in [2.24, 2.45) is 0 Å². The monoisotopic (exact) mass is 291 g/mol. The first-order chi connectivity index (χ1) is 10.0. The molecule has 2 aromatic carbocycles. The molecule has 0 aliphatic heterocycles. The van der Waals surface area contributed by atoms with Crippen LogP contribution in [0.5, 0.6) is 0 Å². The number of benzene rings is 2. The Labute approximate surface area is 121 Å². The summed E-state index contributed by atoms with van der Waals surface area (Å²) >= 11 is 0. The molecule has 0 aliphatic carbocycles. The lowest BCUT2D eigenvalue weighted by Crippen LogP contribution is -2.34. The van der Waals surface area contributed by atoms with Gasteiger partial charge >= 0.3 is 5.97 Å². The SMILES string of the molecule is CCN(c1ccccc1)C(C(=O)O)c1ccc(F)cc1F. The number of hydrogen-bond acceptors (Lipinski definition) is 2. The van der Waals surface area contributed by atoms with Gasteiger partial charge in [0, 0.05) is 23.9 Å². The number of halogens is 2. The Morgan fingerprint density at radius 3 is 2.38 bits per heavy atom. The van der Waals surface area contributed by atoms with Crippen LogP contribution in [0.25, 0.3) is 0 Å². The summed E-state index contributed by atoms with van der Waals surface area (Å²) in [6.45, 7) is 2.15. The van der Waals surface area contributed by atoms with Gasteiger partial charge in [-0.1, -0.05) is 24.3 Å². The molecule has 21 heavy (non-hydrogen) atoms. The summed E-state index contributed by atoms with van der Waals surface area (Å²) in [6.07, 6.45) is 0. The minimum Gasteiger partial charge on any atom is -0.479 e. The van der Waals surface area contributed by atoms with E-state index in [0.29, 0.717) is 18.3 Å². The van der Waals surface area contributed by atoms with Crippen LogP contribution in [0.2, 0.25) is 0 Å². The summed E-state index contributed by atoms with van der Waals surface area (Å²) in [6, 6.07) is 10.6. The number of carboxylic acids is 1. The Morgan fingerprint density at radius 1 is 1.19 bits per heavy atom. The molecule has 3 nitrogen and oxygen atoms in total. The summed E-state index contributed by atoms with van der Waals surface area (Å²) in [5.41, 5.74) is 0.603. The molecule has 0 saturated heterocycles. The second kappa shape index (κ2) is 6.35. The molecule has 0 saturated carbocycles. The highest BCUT2D eigenvalue weighted by molar-refractivity contribution is 5.80. The maximum absolute atomic E-state index is 13.9. The fraction of sp³-hybridized carbons (Fsp3) is 0.188. The number of hydrogen-bond donors (Lipinski definition) is 1. The zero-order chi connectivity index (χ0) is 15.4. The van der Waals surface area contributed by atoms with Crippen LogP contribution in [0, 0.1) is 11.6 Å². The highest BCUT2D eigenvalue weighted by Gasteiger charge is 2.29. The predicted octanol–water partition coefficient (Wildman–Crippen LogP) is 3.62. The van der Waals surface area contributed by atoms with Crippen LogP contribution in [0.4, 0.5) is 14.5 Å². The van der Waals surface area contributed by atoms with E-state index in [-0.39, 0.29) is 5.56 Å². The number of carboxylic acid groups (broad SMARTS) is 1. The van der Waals surface area contributed by atoms with E-state index in [1.54, 1.807) is 36.1 Å². The van der Waals surface area contributed by atoms with E-state index < -0.39 is 23.6 Å². The third kappa shape index (κ3) is 3.18. The number of aliphatic carboxylic acids is 1. The molecule has 1 unspecified atom stereocenters. The van der Waals surface area contributed by atoms with Gasteiger partial charge in [-0.3, -0.25) is 0 Å². The Kier molecular flexibility index (Phi) is 4.52. The topological polar surface area (TPSA) is 40.5 Å². The van der Waals surface area contributed by atoms with Crippen LogP contribution in [0.3, 0.4) is 0 Å². The third-order valence-corrected chi connectivity index (χ3v) is 3.23. The highest BCUT2D eigenvalue weighted by atomic mass is 19.1. The number of likely N-dealkylation sites (N-methyl/N-ethyl adjacent to an activating group) is 1. The van der Waals surface area contributed by atoms with Crippen molar-refractivity contribution >= 4 is 11.7 Å². The second-order valence-electron chi connectivity index (χ2n) is 4.53. The van der Waals surface area contributed by atoms with Gasteiger partial charge in [-0.25, -0.2) is 13.6 Å². The van der Waals surface area contributed by atoms with Gasteiger partial charge in [-0.05, 0) is 25.1 Å². The molecule has 0 spiro atoms. The Hall–Kier alpha value is -2.43. The molecule has 5 heteroatoms. The molecule has 1 N–H and O–H groups in total. The van der Waals surface area contributed by atoms with E-state index in [4.69, 9.17) is 0 Å². The molecule has 0 fully saturated rings. The predicted molar refractivity (Wildman–Crippen MR) is 76.2 cm³/mol. The van der Waals surface area contributed by atoms with Crippen molar-refractivity contribution in [1.82, 2.24) is 0 Å². The van der Waals surface area contributed by atoms with E-state index >= 15 is 0 Å². The standard InChI is InChI=1S/C16H15F2NO2/c1-2-19(12-6-4-3-5-7-12)15(16(20)21)13-9-8-11(17)10-14(13)18/h3-10,15H,2H2,1H3,(H,20,21). The Morgan fingerprint density at radius 2 is 1.86 bits per heavy atom. The average Bonchev–Trinajstić information content (AvgIpc) is 2.46. The molecule has 0 amide bonds. The average molecular weight is 291 g/mol. The normalized spacial score (nSPS) is 12.0. The third-order valence-electron chi connectivity index (χ3n) is 3.23. The highest BCUT2D eigenvalue weighted by Crippen LogP contribution is 2.29. The molecular weight excluding hydrogens is 276 g/mol. The summed E-state index contributed by atoms with van der Waals surface area (Å²) in [7, 11) is 0. The summed E-state index contributed by atoms with van der Waals surface area (Å²) in [4.78, 5) is 13.2. The zero-order valence-corrected chi connectivity index (χ0v) is 11.5. The van der Waals surface area contributed by atoms with Gasteiger partial charge in [0.25, 0.3) is 0 Å². The quantitative estimate of drug-likeness (QED) is 0.914. The molecule has 0 aromatic heterocycles. The van der Waals surface area contributed by atoms with Crippen LogP contribution in [0.1, 0.15) is 18.5 Å². The molecule has 1 atom stereocenters. The van der Waals surface area contributed by atoms with E-state index in [1.807, 2.05) is 6.07 Å². The second-order valence-corrected chi connectivity index (χ2v) is 4.53. The van der Waals surface area contributed by atoms with Gasteiger partial charge in [-0.15, -0.1) is 0 Å². The fourth-order valence-electron chi connectivity index (χ4n) is 2.29. The summed E-state index contributed by atoms with van der Waals surface area (Å²) in [5.74, 6) is -2.79. The van der Waals surface area contributed by atoms with E-state index in [1.165, 1.54) is 6.07 Å². The Balaban J connectivity index is 2.49. The van der Waals surface area contributed by atoms with Crippen molar-refractivity contribution in [2.75, 3.05) is 11.4 Å². The smallest absolute Gasteiger partial charge is 0.331 e.